The molecular formula is C13H24O3. The van der Waals surface area contributed by atoms with E-state index in [-0.39, 0.29) is 19.2 Å². The second-order valence-electron chi connectivity index (χ2n) is 3.85. The second kappa shape index (κ2) is 12.2. The van der Waals surface area contributed by atoms with E-state index in [1.54, 1.807) is 12.2 Å². The third kappa shape index (κ3) is 11.2. The molecule has 1 N–H and O–H groups in total. The number of carbonyl (C=O) groups excluding carboxylic acids is 1. The van der Waals surface area contributed by atoms with Gasteiger partial charge in [0.15, 0.2) is 0 Å². The van der Waals surface area contributed by atoms with Crippen molar-refractivity contribution in [1.29, 1.82) is 0 Å². The van der Waals surface area contributed by atoms with Crippen LogP contribution in [0.4, 0.5) is 0 Å². The summed E-state index contributed by atoms with van der Waals surface area (Å²) in [7, 11) is 0. The first-order valence-corrected chi connectivity index (χ1v) is 6.22. The lowest BCUT2D eigenvalue weighted by molar-refractivity contribution is -0.142. The highest BCUT2D eigenvalue weighted by Gasteiger charge is 2.00. The Balaban J connectivity index is 3.20. The molecule has 0 aromatic rings. The zero-order chi connectivity index (χ0) is 12.1. The fourth-order valence-electron chi connectivity index (χ4n) is 1.41. The number of aliphatic hydroxyl groups excluding tert-OH is 1. The summed E-state index contributed by atoms with van der Waals surface area (Å²) in [4.78, 5) is 11.2. The van der Waals surface area contributed by atoms with Gasteiger partial charge in [0.05, 0.1) is 6.61 Å². The summed E-state index contributed by atoms with van der Waals surface area (Å²) >= 11 is 0. The summed E-state index contributed by atoms with van der Waals surface area (Å²) < 4.78 is 4.93. The van der Waals surface area contributed by atoms with Crippen LogP contribution in [-0.2, 0) is 9.53 Å². The van der Waals surface area contributed by atoms with E-state index in [2.05, 4.69) is 6.92 Å². The van der Waals surface area contributed by atoms with Crippen LogP contribution in [0, 0.1) is 0 Å². The Morgan fingerprint density at radius 1 is 1.12 bits per heavy atom. The highest BCUT2D eigenvalue weighted by molar-refractivity contribution is 5.69. The van der Waals surface area contributed by atoms with Gasteiger partial charge < -0.3 is 9.84 Å². The lowest BCUT2D eigenvalue weighted by atomic mass is 10.1. The summed E-state index contributed by atoms with van der Waals surface area (Å²) in [5, 5.41) is 8.45. The molecule has 0 aliphatic rings. The lowest BCUT2D eigenvalue weighted by Crippen LogP contribution is -2.04. The molecule has 0 aliphatic carbocycles. The van der Waals surface area contributed by atoms with Gasteiger partial charge in [-0.15, -0.1) is 0 Å². The maximum absolute atomic E-state index is 11.2. The predicted octanol–water partition coefficient (Wildman–Crippen LogP) is 2.83. The minimum atomic E-state index is -0.141. The molecule has 0 atom stereocenters. The van der Waals surface area contributed by atoms with Crippen LogP contribution >= 0.6 is 0 Å². The number of hydrogen-bond donors (Lipinski definition) is 1. The summed E-state index contributed by atoms with van der Waals surface area (Å²) in [6.07, 6.45) is 10.8. The number of ether oxygens (including phenoxy) is 1. The highest BCUT2D eigenvalue weighted by Crippen LogP contribution is 2.07. The van der Waals surface area contributed by atoms with E-state index in [1.165, 1.54) is 25.7 Å². The maximum Gasteiger partial charge on any atom is 0.306 e. The standard InChI is InChI=1S/C13H24O3/c1-2-3-4-5-6-7-10-13(15)16-12-9-8-11-14/h8-9,14H,2-7,10-12H2,1H3/b9-8-. The van der Waals surface area contributed by atoms with Crippen molar-refractivity contribution in [3.8, 4) is 0 Å². The van der Waals surface area contributed by atoms with Crippen LogP contribution in [0.3, 0.4) is 0 Å². The molecule has 0 unspecified atom stereocenters. The van der Waals surface area contributed by atoms with Gasteiger partial charge in [0.25, 0.3) is 0 Å². The first-order valence-electron chi connectivity index (χ1n) is 6.22. The quantitative estimate of drug-likeness (QED) is 0.355. The van der Waals surface area contributed by atoms with Crippen LogP contribution in [-0.4, -0.2) is 24.3 Å². The Bertz CT molecular complexity index is 188. The average molecular weight is 228 g/mol. The molecule has 0 saturated heterocycles. The van der Waals surface area contributed by atoms with Gasteiger partial charge in [-0.05, 0) is 12.5 Å². The van der Waals surface area contributed by atoms with Gasteiger partial charge in [0, 0.05) is 6.42 Å². The first-order chi connectivity index (χ1) is 7.81. The van der Waals surface area contributed by atoms with Crippen molar-refractivity contribution >= 4 is 5.97 Å². The van der Waals surface area contributed by atoms with Crippen molar-refractivity contribution in [2.75, 3.05) is 13.2 Å². The topological polar surface area (TPSA) is 46.5 Å². The van der Waals surface area contributed by atoms with E-state index in [4.69, 9.17) is 9.84 Å². The largest absolute Gasteiger partial charge is 0.461 e. The van der Waals surface area contributed by atoms with Crippen LogP contribution in [0.15, 0.2) is 12.2 Å². The van der Waals surface area contributed by atoms with E-state index in [1.807, 2.05) is 0 Å². The van der Waals surface area contributed by atoms with Crippen molar-refractivity contribution < 1.29 is 14.6 Å². The summed E-state index contributed by atoms with van der Waals surface area (Å²) in [5.74, 6) is -0.141. The highest BCUT2D eigenvalue weighted by atomic mass is 16.5. The number of unbranched alkanes of at least 4 members (excludes halogenated alkanes) is 5. The first kappa shape index (κ1) is 15.2. The number of hydrogen-bond acceptors (Lipinski definition) is 3. The zero-order valence-electron chi connectivity index (χ0n) is 10.3. The fourth-order valence-corrected chi connectivity index (χ4v) is 1.41. The third-order valence-corrected chi connectivity index (χ3v) is 2.35. The summed E-state index contributed by atoms with van der Waals surface area (Å²) in [6.45, 7) is 2.46. The molecule has 0 aliphatic heterocycles. The van der Waals surface area contributed by atoms with Gasteiger partial charge >= 0.3 is 5.97 Å². The van der Waals surface area contributed by atoms with Gasteiger partial charge in [0.1, 0.15) is 6.61 Å². The molecule has 0 aromatic carbocycles. The smallest absolute Gasteiger partial charge is 0.306 e. The van der Waals surface area contributed by atoms with Gasteiger partial charge in [-0.1, -0.05) is 45.1 Å². The molecule has 0 rings (SSSR count). The number of esters is 1. The molecule has 0 saturated carbocycles. The van der Waals surface area contributed by atoms with E-state index >= 15 is 0 Å². The van der Waals surface area contributed by atoms with E-state index in [9.17, 15) is 4.79 Å². The normalized spacial score (nSPS) is 10.9. The average Bonchev–Trinajstić information content (AvgIpc) is 2.29. The van der Waals surface area contributed by atoms with Crippen LogP contribution in [0.2, 0.25) is 0 Å². The zero-order valence-corrected chi connectivity index (χ0v) is 10.3. The van der Waals surface area contributed by atoms with Gasteiger partial charge in [-0.3, -0.25) is 4.79 Å². The minimum absolute atomic E-state index is 0.00498. The number of carbonyl (C=O) groups is 1. The Hall–Kier alpha value is -0.830. The van der Waals surface area contributed by atoms with Gasteiger partial charge in [-0.25, -0.2) is 0 Å². The number of rotatable bonds is 10. The fraction of sp³-hybridized carbons (Fsp3) is 0.769. The summed E-state index contributed by atoms with van der Waals surface area (Å²) in [6, 6.07) is 0. The Morgan fingerprint density at radius 3 is 2.50 bits per heavy atom. The van der Waals surface area contributed by atoms with Gasteiger partial charge in [-0.2, -0.15) is 0 Å². The molecule has 3 nitrogen and oxygen atoms in total. The van der Waals surface area contributed by atoms with E-state index in [0.29, 0.717) is 6.42 Å². The Kier molecular flexibility index (Phi) is 11.6. The molecule has 0 fully saturated rings. The molecule has 16 heavy (non-hydrogen) atoms. The van der Waals surface area contributed by atoms with E-state index in [0.717, 1.165) is 12.8 Å². The van der Waals surface area contributed by atoms with Crippen molar-refractivity contribution in [3.05, 3.63) is 12.2 Å². The molecule has 0 spiro atoms. The van der Waals surface area contributed by atoms with Crippen molar-refractivity contribution in [3.63, 3.8) is 0 Å². The molecule has 0 amide bonds. The molecule has 3 heteroatoms. The molecule has 94 valence electrons. The Labute approximate surface area is 98.5 Å². The lowest BCUT2D eigenvalue weighted by Gasteiger charge is -2.02. The second-order valence-corrected chi connectivity index (χ2v) is 3.85. The van der Waals surface area contributed by atoms with Crippen LogP contribution in [0.1, 0.15) is 51.9 Å². The summed E-state index contributed by atoms with van der Waals surface area (Å²) in [5.41, 5.74) is 0. The molecular weight excluding hydrogens is 204 g/mol. The van der Waals surface area contributed by atoms with Gasteiger partial charge in [0.2, 0.25) is 0 Å². The maximum atomic E-state index is 11.2. The molecule has 0 bridgehead atoms. The van der Waals surface area contributed by atoms with Crippen LogP contribution < -0.4 is 0 Å². The molecule has 0 aromatic heterocycles. The molecule has 0 radical (unpaired) electrons. The minimum Gasteiger partial charge on any atom is -0.461 e. The van der Waals surface area contributed by atoms with Crippen molar-refractivity contribution in [1.82, 2.24) is 0 Å². The SMILES string of the molecule is CCCCCCCCC(=O)OC/C=C\CO. The van der Waals surface area contributed by atoms with Crippen molar-refractivity contribution in [2.24, 2.45) is 0 Å². The van der Waals surface area contributed by atoms with Crippen molar-refractivity contribution in [2.45, 2.75) is 51.9 Å². The molecule has 0 heterocycles. The number of aliphatic hydroxyl groups is 1. The predicted molar refractivity (Wildman–Crippen MR) is 65.2 cm³/mol. The van der Waals surface area contributed by atoms with Crippen LogP contribution in [0.25, 0.3) is 0 Å². The van der Waals surface area contributed by atoms with Crippen LogP contribution in [0.5, 0.6) is 0 Å². The third-order valence-electron chi connectivity index (χ3n) is 2.35. The van der Waals surface area contributed by atoms with E-state index < -0.39 is 0 Å². The monoisotopic (exact) mass is 228 g/mol. The Morgan fingerprint density at radius 2 is 1.81 bits per heavy atom.